The Hall–Kier alpha value is -3.63. The van der Waals surface area contributed by atoms with Crippen LogP contribution in [0.1, 0.15) is 23.1 Å². The number of alkyl halides is 3. The molecule has 2 amide bonds. The van der Waals surface area contributed by atoms with Gasteiger partial charge in [0.2, 0.25) is 0 Å². The summed E-state index contributed by atoms with van der Waals surface area (Å²) in [7, 11) is 1.14. The van der Waals surface area contributed by atoms with Crippen LogP contribution in [0.25, 0.3) is 0 Å². The molecule has 1 atom stereocenters. The van der Waals surface area contributed by atoms with Crippen LogP contribution in [0, 0.1) is 5.82 Å². The highest BCUT2D eigenvalue weighted by molar-refractivity contribution is 6.11. The van der Waals surface area contributed by atoms with Crippen molar-refractivity contribution >= 4 is 23.6 Å². The Morgan fingerprint density at radius 1 is 1.16 bits per heavy atom. The van der Waals surface area contributed by atoms with E-state index in [1.807, 2.05) is 0 Å². The van der Waals surface area contributed by atoms with E-state index < -0.39 is 35.3 Å². The summed E-state index contributed by atoms with van der Waals surface area (Å²) < 4.78 is 62.5. The Balaban J connectivity index is 1.62. The third-order valence-corrected chi connectivity index (χ3v) is 5.35. The molecule has 1 unspecified atom stereocenters. The van der Waals surface area contributed by atoms with Gasteiger partial charge in [-0.3, -0.25) is 0 Å². The molecule has 0 spiro atoms. The molecular formula is C21H17F4N3O4. The Bertz CT molecular complexity index is 1100. The number of anilines is 1. The van der Waals surface area contributed by atoms with Crippen molar-refractivity contribution in [2.45, 2.75) is 24.6 Å². The number of ether oxygens (including phenoxy) is 2. The third kappa shape index (κ3) is 3.85. The number of nitrogens with zero attached hydrogens (tertiary/aromatic N) is 2. The van der Waals surface area contributed by atoms with Crippen LogP contribution in [0.5, 0.6) is 0 Å². The summed E-state index contributed by atoms with van der Waals surface area (Å²) in [4.78, 5) is 24.6. The molecule has 0 bridgehead atoms. The number of benzene rings is 2. The Morgan fingerprint density at radius 3 is 2.53 bits per heavy atom. The number of nitrogens with one attached hydrogen (secondary N) is 1. The second-order valence-corrected chi connectivity index (χ2v) is 7.33. The molecule has 0 radical (unpaired) electrons. The number of halogens is 4. The molecule has 1 N–H and O–H groups in total. The number of carbonyl (C=O) groups excluding carboxylic acids is 2. The number of carbonyl (C=O) groups is 2. The standard InChI is InChI=1S/C21H17F4N3O4/c1-31-19(30)32-20-10-9-14-15(3-2-4-16(14)22)17(20)27-28(11-20)18(29)26-13-7-5-12(6-8-13)21(23,24)25/h2-8H,9-11H2,1H3,(H,26,29). The lowest BCUT2D eigenvalue weighted by Gasteiger charge is -2.34. The van der Waals surface area contributed by atoms with Crippen LogP contribution in [0.3, 0.4) is 0 Å². The van der Waals surface area contributed by atoms with Crippen LogP contribution < -0.4 is 5.32 Å². The average Bonchev–Trinajstić information content (AvgIpc) is 3.13. The van der Waals surface area contributed by atoms with Gasteiger partial charge in [0.25, 0.3) is 0 Å². The van der Waals surface area contributed by atoms with Crippen molar-refractivity contribution < 1.29 is 36.6 Å². The lowest BCUT2D eigenvalue weighted by molar-refractivity contribution is -0.137. The fourth-order valence-electron chi connectivity index (χ4n) is 3.80. The summed E-state index contributed by atoms with van der Waals surface area (Å²) in [6.45, 7) is -0.167. The first-order chi connectivity index (χ1) is 15.1. The van der Waals surface area contributed by atoms with Crippen molar-refractivity contribution in [2.75, 3.05) is 19.0 Å². The summed E-state index contributed by atoms with van der Waals surface area (Å²) in [6, 6.07) is 7.55. The van der Waals surface area contributed by atoms with E-state index in [0.29, 0.717) is 11.1 Å². The maximum Gasteiger partial charge on any atom is 0.509 e. The number of hydrogen-bond donors (Lipinski definition) is 1. The second-order valence-electron chi connectivity index (χ2n) is 7.33. The van der Waals surface area contributed by atoms with E-state index in [0.717, 1.165) is 36.4 Å². The number of amides is 2. The minimum Gasteiger partial charge on any atom is -0.438 e. The largest absolute Gasteiger partial charge is 0.509 e. The fraction of sp³-hybridized carbons (Fsp3) is 0.286. The van der Waals surface area contributed by atoms with Crippen LogP contribution in [-0.2, 0) is 22.1 Å². The molecule has 0 aromatic heterocycles. The number of hydrogen-bond acceptors (Lipinski definition) is 5. The van der Waals surface area contributed by atoms with Gasteiger partial charge < -0.3 is 14.8 Å². The Morgan fingerprint density at radius 2 is 1.88 bits per heavy atom. The number of hydrazone groups is 1. The van der Waals surface area contributed by atoms with Crippen LogP contribution >= 0.6 is 0 Å². The van der Waals surface area contributed by atoms with E-state index in [2.05, 4.69) is 15.2 Å². The van der Waals surface area contributed by atoms with E-state index >= 15 is 0 Å². The van der Waals surface area contributed by atoms with E-state index in [4.69, 9.17) is 4.74 Å². The zero-order valence-corrected chi connectivity index (χ0v) is 16.7. The molecule has 2 aromatic rings. The highest BCUT2D eigenvalue weighted by Gasteiger charge is 2.51. The van der Waals surface area contributed by atoms with Crippen molar-refractivity contribution in [1.82, 2.24) is 5.01 Å². The molecule has 0 fully saturated rings. The van der Waals surface area contributed by atoms with Crippen molar-refractivity contribution in [2.24, 2.45) is 5.10 Å². The number of rotatable bonds is 2. The summed E-state index contributed by atoms with van der Waals surface area (Å²) >= 11 is 0. The Labute approximate surface area is 179 Å². The first-order valence-corrected chi connectivity index (χ1v) is 9.52. The summed E-state index contributed by atoms with van der Waals surface area (Å²) in [6.07, 6.45) is -5.08. The van der Waals surface area contributed by atoms with Gasteiger partial charge in [0.15, 0.2) is 5.60 Å². The molecule has 168 valence electrons. The molecule has 0 saturated carbocycles. The molecule has 11 heteroatoms. The van der Waals surface area contributed by atoms with Crippen LogP contribution in [0.2, 0.25) is 0 Å². The highest BCUT2D eigenvalue weighted by Crippen LogP contribution is 2.38. The van der Waals surface area contributed by atoms with Gasteiger partial charge in [0, 0.05) is 11.3 Å². The lowest BCUT2D eigenvalue weighted by atomic mass is 9.79. The topological polar surface area (TPSA) is 80.2 Å². The van der Waals surface area contributed by atoms with Crippen LogP contribution in [0.15, 0.2) is 47.6 Å². The van der Waals surface area contributed by atoms with Crippen LogP contribution in [0.4, 0.5) is 32.8 Å². The molecule has 1 aliphatic carbocycles. The molecule has 0 saturated heterocycles. The predicted octanol–water partition coefficient (Wildman–Crippen LogP) is 4.56. The summed E-state index contributed by atoms with van der Waals surface area (Å²) in [5.41, 5.74) is -1.08. The van der Waals surface area contributed by atoms with Gasteiger partial charge >= 0.3 is 18.4 Å². The second kappa shape index (κ2) is 7.81. The summed E-state index contributed by atoms with van der Waals surface area (Å²) in [5.74, 6) is -0.440. The molecule has 7 nitrogen and oxygen atoms in total. The normalized spacial score (nSPS) is 19.5. The zero-order valence-electron chi connectivity index (χ0n) is 16.7. The van der Waals surface area contributed by atoms with Gasteiger partial charge in [-0.05, 0) is 48.7 Å². The highest BCUT2D eigenvalue weighted by atomic mass is 19.4. The average molecular weight is 451 g/mol. The first kappa shape index (κ1) is 21.6. The maximum atomic E-state index is 14.3. The first-order valence-electron chi connectivity index (χ1n) is 9.52. The van der Waals surface area contributed by atoms with Crippen molar-refractivity contribution in [3.05, 3.63) is 65.0 Å². The minimum atomic E-state index is -4.50. The molecule has 2 aliphatic rings. The van der Waals surface area contributed by atoms with E-state index in [9.17, 15) is 27.2 Å². The van der Waals surface area contributed by atoms with Gasteiger partial charge in [-0.2, -0.15) is 18.3 Å². The van der Waals surface area contributed by atoms with E-state index in [-0.39, 0.29) is 30.8 Å². The quantitative estimate of drug-likeness (QED) is 0.536. The molecule has 1 heterocycles. The molecule has 1 aliphatic heterocycles. The SMILES string of the molecule is COC(=O)OC12CCc3c(F)cccc3C1=NN(C(=O)Nc1ccc(C(F)(F)F)cc1)C2. The maximum absolute atomic E-state index is 14.3. The molecule has 4 rings (SSSR count). The molecule has 2 aromatic carbocycles. The van der Waals surface area contributed by atoms with Gasteiger partial charge in [0.05, 0.1) is 19.2 Å². The lowest BCUT2D eigenvalue weighted by Crippen LogP contribution is -2.49. The van der Waals surface area contributed by atoms with Gasteiger partial charge in [0.1, 0.15) is 11.5 Å². The fourth-order valence-corrected chi connectivity index (χ4v) is 3.80. The van der Waals surface area contributed by atoms with Crippen molar-refractivity contribution in [1.29, 1.82) is 0 Å². The molecular weight excluding hydrogens is 434 g/mol. The van der Waals surface area contributed by atoms with Gasteiger partial charge in [-0.1, -0.05) is 12.1 Å². The number of methoxy groups -OCH3 is 1. The van der Waals surface area contributed by atoms with Crippen molar-refractivity contribution in [3.63, 3.8) is 0 Å². The third-order valence-electron chi connectivity index (χ3n) is 5.35. The van der Waals surface area contributed by atoms with Gasteiger partial charge in [-0.15, -0.1) is 0 Å². The predicted molar refractivity (Wildman–Crippen MR) is 105 cm³/mol. The Kier molecular flexibility index (Phi) is 5.27. The van der Waals surface area contributed by atoms with Gasteiger partial charge in [-0.25, -0.2) is 19.0 Å². The minimum absolute atomic E-state index is 0.118. The monoisotopic (exact) mass is 451 g/mol. The van der Waals surface area contributed by atoms with Crippen LogP contribution in [-0.4, -0.2) is 42.2 Å². The number of fused-ring (bicyclic) bond motifs is 3. The zero-order chi connectivity index (χ0) is 23.1. The summed E-state index contributed by atoms with van der Waals surface area (Å²) in [5, 5.41) is 7.72. The van der Waals surface area contributed by atoms with Crippen molar-refractivity contribution in [3.8, 4) is 0 Å². The van der Waals surface area contributed by atoms with E-state index in [1.54, 1.807) is 6.07 Å². The van der Waals surface area contributed by atoms with E-state index in [1.165, 1.54) is 12.1 Å². The number of urea groups is 1. The molecule has 32 heavy (non-hydrogen) atoms. The smallest absolute Gasteiger partial charge is 0.438 e.